The lowest BCUT2D eigenvalue weighted by molar-refractivity contribution is 0.0734. The van der Waals surface area contributed by atoms with Crippen LogP contribution >= 0.6 is 0 Å². The predicted molar refractivity (Wildman–Crippen MR) is 160 cm³/mol. The van der Waals surface area contributed by atoms with Crippen LogP contribution in [0.15, 0.2) is 71.8 Å². The van der Waals surface area contributed by atoms with E-state index in [1.807, 2.05) is 6.07 Å². The van der Waals surface area contributed by atoms with Crippen LogP contribution in [-0.2, 0) is 0 Å². The van der Waals surface area contributed by atoms with Gasteiger partial charge in [-0.1, -0.05) is 70.6 Å². The molecule has 0 aromatic heterocycles. The van der Waals surface area contributed by atoms with E-state index in [0.29, 0.717) is 35.8 Å². The topological polar surface area (TPSA) is 106 Å². The fourth-order valence-electron chi connectivity index (χ4n) is 3.98. The molecule has 8 nitrogen and oxygen atoms in total. The molecule has 8 heteroatoms. The molecule has 0 spiro atoms. The summed E-state index contributed by atoms with van der Waals surface area (Å²) in [7, 11) is 0. The number of phenolic OH excluding ortho intramolecular Hbond substituents is 1. The van der Waals surface area contributed by atoms with Crippen molar-refractivity contribution in [1.29, 1.82) is 0 Å². The van der Waals surface area contributed by atoms with E-state index in [4.69, 9.17) is 14.2 Å². The van der Waals surface area contributed by atoms with E-state index in [1.165, 1.54) is 12.3 Å². The summed E-state index contributed by atoms with van der Waals surface area (Å²) in [5.74, 6) is -0.112. The molecule has 0 bridgehead atoms. The maximum absolute atomic E-state index is 12.8. The van der Waals surface area contributed by atoms with Gasteiger partial charge in [0.2, 0.25) is 5.75 Å². The Kier molecular flexibility index (Phi) is 13.2. The zero-order valence-electron chi connectivity index (χ0n) is 23.9. The van der Waals surface area contributed by atoms with Gasteiger partial charge >= 0.3 is 5.97 Å². The molecule has 1 amide bonds. The van der Waals surface area contributed by atoms with Crippen LogP contribution in [0.4, 0.5) is 0 Å². The summed E-state index contributed by atoms with van der Waals surface area (Å²) < 4.78 is 17.2. The molecule has 0 radical (unpaired) electrons. The van der Waals surface area contributed by atoms with Crippen LogP contribution in [0.1, 0.15) is 91.5 Å². The van der Waals surface area contributed by atoms with E-state index in [2.05, 4.69) is 24.4 Å². The van der Waals surface area contributed by atoms with Crippen molar-refractivity contribution in [3.05, 3.63) is 83.4 Å². The SMILES string of the molecule is CCCCCCOc1cc(C(=O)N/N=C/c2ccc(OC(=O)c3ccccc3)cc2)cc(O)c1OCCCCCC. The summed E-state index contributed by atoms with van der Waals surface area (Å²) in [5, 5.41) is 14.7. The van der Waals surface area contributed by atoms with Gasteiger partial charge in [-0.25, -0.2) is 10.2 Å². The highest BCUT2D eigenvalue weighted by Crippen LogP contribution is 2.38. The first-order valence-electron chi connectivity index (χ1n) is 14.3. The molecular weight excluding hydrogens is 520 g/mol. The van der Waals surface area contributed by atoms with Crippen LogP contribution in [0.3, 0.4) is 0 Å². The number of aromatic hydroxyl groups is 1. The van der Waals surface area contributed by atoms with E-state index in [9.17, 15) is 14.7 Å². The Morgan fingerprint density at radius 2 is 1.46 bits per heavy atom. The highest BCUT2D eigenvalue weighted by molar-refractivity contribution is 5.96. The van der Waals surface area contributed by atoms with Crippen molar-refractivity contribution in [2.45, 2.75) is 65.2 Å². The number of hydrogen-bond donors (Lipinski definition) is 2. The monoisotopic (exact) mass is 560 g/mol. The Balaban J connectivity index is 1.60. The number of phenols is 1. The molecule has 41 heavy (non-hydrogen) atoms. The van der Waals surface area contributed by atoms with Crippen LogP contribution in [0, 0.1) is 0 Å². The maximum Gasteiger partial charge on any atom is 0.343 e. The smallest absolute Gasteiger partial charge is 0.343 e. The molecule has 2 N–H and O–H groups in total. The van der Waals surface area contributed by atoms with Crippen LogP contribution in [0.2, 0.25) is 0 Å². The van der Waals surface area contributed by atoms with Crippen molar-refractivity contribution in [3.63, 3.8) is 0 Å². The van der Waals surface area contributed by atoms with Crippen molar-refractivity contribution in [2.75, 3.05) is 13.2 Å². The molecule has 0 saturated carbocycles. The zero-order valence-corrected chi connectivity index (χ0v) is 23.9. The summed E-state index contributed by atoms with van der Waals surface area (Å²) >= 11 is 0. The zero-order chi connectivity index (χ0) is 29.3. The molecule has 0 heterocycles. The summed E-state index contributed by atoms with van der Waals surface area (Å²) in [6.45, 7) is 5.21. The lowest BCUT2D eigenvalue weighted by Crippen LogP contribution is -2.18. The summed E-state index contributed by atoms with van der Waals surface area (Å²) in [5.41, 5.74) is 3.83. The van der Waals surface area contributed by atoms with Gasteiger partial charge in [0.15, 0.2) is 11.5 Å². The van der Waals surface area contributed by atoms with Crippen LogP contribution in [0.5, 0.6) is 23.0 Å². The highest BCUT2D eigenvalue weighted by Gasteiger charge is 2.17. The number of unbranched alkanes of at least 4 members (excludes halogenated alkanes) is 6. The second-order valence-electron chi connectivity index (χ2n) is 9.66. The van der Waals surface area contributed by atoms with Gasteiger partial charge in [-0.2, -0.15) is 5.10 Å². The quantitative estimate of drug-likeness (QED) is 0.0590. The van der Waals surface area contributed by atoms with Crippen LogP contribution < -0.4 is 19.6 Å². The van der Waals surface area contributed by atoms with Gasteiger partial charge in [0, 0.05) is 5.56 Å². The number of benzene rings is 3. The molecule has 3 rings (SSSR count). The normalized spacial score (nSPS) is 10.9. The number of hydrazone groups is 1. The third-order valence-electron chi connectivity index (χ3n) is 6.28. The number of esters is 1. The maximum atomic E-state index is 12.8. The first-order valence-corrected chi connectivity index (χ1v) is 14.3. The summed E-state index contributed by atoms with van der Waals surface area (Å²) in [4.78, 5) is 25.0. The molecule has 0 atom stereocenters. The average Bonchev–Trinajstić information content (AvgIpc) is 2.99. The number of nitrogens with zero attached hydrogens (tertiary/aromatic N) is 1. The number of rotatable bonds is 17. The molecular formula is C33H40N2O6. The number of carbonyl (C=O) groups is 2. The molecule has 0 fully saturated rings. The van der Waals surface area contributed by atoms with Gasteiger partial charge in [0.1, 0.15) is 5.75 Å². The van der Waals surface area contributed by atoms with E-state index >= 15 is 0 Å². The Morgan fingerprint density at radius 3 is 2.12 bits per heavy atom. The fraction of sp³-hybridized carbons (Fsp3) is 0.364. The average molecular weight is 561 g/mol. The Bertz CT molecular complexity index is 1260. The second-order valence-corrected chi connectivity index (χ2v) is 9.66. The minimum absolute atomic E-state index is 0.152. The number of hydrogen-bond acceptors (Lipinski definition) is 7. The van der Waals surface area contributed by atoms with E-state index in [0.717, 1.165) is 51.4 Å². The Hall–Kier alpha value is -4.33. The van der Waals surface area contributed by atoms with E-state index in [1.54, 1.807) is 54.6 Å². The molecule has 0 aliphatic rings. The van der Waals surface area contributed by atoms with Gasteiger partial charge in [-0.15, -0.1) is 0 Å². The first-order chi connectivity index (χ1) is 20.0. The molecule has 3 aromatic rings. The minimum atomic E-state index is -0.504. The number of amides is 1. The number of nitrogens with one attached hydrogen (secondary N) is 1. The fourth-order valence-corrected chi connectivity index (χ4v) is 3.98. The molecule has 3 aromatic carbocycles. The van der Waals surface area contributed by atoms with Crippen molar-refractivity contribution >= 4 is 18.1 Å². The summed E-state index contributed by atoms with van der Waals surface area (Å²) in [6.07, 6.45) is 9.80. The third kappa shape index (κ3) is 10.6. The summed E-state index contributed by atoms with van der Waals surface area (Å²) in [6, 6.07) is 18.4. The lowest BCUT2D eigenvalue weighted by atomic mass is 10.1. The Labute approximate surface area is 242 Å². The van der Waals surface area contributed by atoms with Crippen molar-refractivity contribution in [3.8, 4) is 23.0 Å². The van der Waals surface area contributed by atoms with Crippen LogP contribution in [-0.4, -0.2) is 36.4 Å². The van der Waals surface area contributed by atoms with Gasteiger partial charge in [0.05, 0.1) is 25.0 Å². The van der Waals surface area contributed by atoms with Crippen molar-refractivity contribution < 1.29 is 28.9 Å². The molecule has 0 saturated heterocycles. The van der Waals surface area contributed by atoms with Gasteiger partial charge in [-0.3, -0.25) is 4.79 Å². The minimum Gasteiger partial charge on any atom is -0.504 e. The second kappa shape index (κ2) is 17.4. The van der Waals surface area contributed by atoms with Gasteiger partial charge in [0.25, 0.3) is 5.91 Å². The molecule has 0 aliphatic heterocycles. The van der Waals surface area contributed by atoms with Crippen molar-refractivity contribution in [2.24, 2.45) is 5.10 Å². The Morgan fingerprint density at radius 1 is 0.805 bits per heavy atom. The predicted octanol–water partition coefficient (Wildman–Crippen LogP) is 7.29. The highest BCUT2D eigenvalue weighted by atomic mass is 16.5. The molecule has 218 valence electrons. The third-order valence-corrected chi connectivity index (χ3v) is 6.28. The number of carbonyl (C=O) groups excluding carboxylic acids is 2. The van der Waals surface area contributed by atoms with Gasteiger partial charge in [-0.05, 0) is 66.9 Å². The van der Waals surface area contributed by atoms with E-state index in [-0.39, 0.29) is 17.1 Å². The molecule has 0 unspecified atom stereocenters. The van der Waals surface area contributed by atoms with Crippen molar-refractivity contribution in [1.82, 2.24) is 5.43 Å². The standard InChI is InChI=1S/C33H40N2O6/c1-3-5-7-12-20-39-30-23-27(22-29(36)31(30)40-21-13-8-6-4-2)32(37)35-34-24-25-16-18-28(19-17-25)41-33(38)26-14-10-9-11-15-26/h9-11,14-19,22-24,36H,3-8,12-13,20-21H2,1-2H3,(H,35,37)/b34-24+. The van der Waals surface area contributed by atoms with Crippen LogP contribution in [0.25, 0.3) is 0 Å². The molecule has 0 aliphatic carbocycles. The largest absolute Gasteiger partial charge is 0.504 e. The van der Waals surface area contributed by atoms with E-state index < -0.39 is 11.9 Å². The lowest BCUT2D eigenvalue weighted by Gasteiger charge is -2.15. The van der Waals surface area contributed by atoms with Gasteiger partial charge < -0.3 is 19.3 Å². The number of ether oxygens (including phenoxy) is 3. The first kappa shape index (κ1) is 31.2.